The van der Waals surface area contributed by atoms with E-state index in [1.165, 1.54) is 31.2 Å². The second kappa shape index (κ2) is 14.2. The smallest absolute Gasteiger partial charge is 0.191 e. The van der Waals surface area contributed by atoms with Crippen molar-refractivity contribution in [1.82, 2.24) is 10.6 Å². The number of halogens is 1. The number of unbranched alkanes of at least 4 members (excludes halogenated alkanes) is 1. The van der Waals surface area contributed by atoms with E-state index in [-0.39, 0.29) is 29.4 Å². The molecule has 27 heavy (non-hydrogen) atoms. The van der Waals surface area contributed by atoms with Gasteiger partial charge in [0.25, 0.3) is 0 Å². The normalized spacial score (nSPS) is 16.0. The highest BCUT2D eigenvalue weighted by Gasteiger charge is 2.35. The number of nitrogens with zero attached hydrogens (tertiary/aromatic N) is 1. The van der Waals surface area contributed by atoms with Crippen LogP contribution in [0.15, 0.2) is 35.3 Å². The molecule has 1 saturated carbocycles. The second-order valence-corrected chi connectivity index (χ2v) is 7.02. The Balaban J connectivity index is 0.00000364. The highest BCUT2D eigenvalue weighted by Crippen LogP contribution is 2.40. The summed E-state index contributed by atoms with van der Waals surface area (Å²) in [4.78, 5) is 4.38. The third-order valence-corrected chi connectivity index (χ3v) is 5.20. The molecule has 0 atom stereocenters. The Labute approximate surface area is 181 Å². The van der Waals surface area contributed by atoms with E-state index in [2.05, 4.69) is 46.0 Å². The number of nitrogens with one attached hydrogen (secondary N) is 2. The summed E-state index contributed by atoms with van der Waals surface area (Å²) >= 11 is 0. The maximum Gasteiger partial charge on any atom is 0.191 e. The predicted octanol–water partition coefficient (Wildman–Crippen LogP) is 3.72. The lowest BCUT2D eigenvalue weighted by molar-refractivity contribution is 0.0689. The van der Waals surface area contributed by atoms with Crippen LogP contribution in [0.2, 0.25) is 0 Å². The number of rotatable bonds is 11. The zero-order chi connectivity index (χ0) is 18.5. The Bertz CT molecular complexity index is 519. The molecule has 0 unspecified atom stereocenters. The molecule has 0 heterocycles. The molecule has 2 N–H and O–H groups in total. The average Bonchev–Trinajstić information content (AvgIpc) is 3.17. The average molecular weight is 489 g/mol. The van der Waals surface area contributed by atoms with Crippen molar-refractivity contribution in [3.63, 3.8) is 0 Å². The summed E-state index contributed by atoms with van der Waals surface area (Å²) < 4.78 is 10.4. The van der Waals surface area contributed by atoms with E-state index in [9.17, 15) is 0 Å². The standard InChI is InChI=1S/C21H35N3O2.HI/c1-22-20(23-14-8-9-15-26-17-16-25-2)24-18-21(12-6-7-13-21)19-10-4-3-5-11-19;/h3-5,10-11H,6-9,12-18H2,1-2H3,(H2,22,23,24);1H. The Morgan fingerprint density at radius 1 is 1.04 bits per heavy atom. The van der Waals surface area contributed by atoms with Gasteiger partial charge in [-0.3, -0.25) is 4.99 Å². The topological polar surface area (TPSA) is 54.9 Å². The van der Waals surface area contributed by atoms with Crippen LogP contribution in [-0.2, 0) is 14.9 Å². The number of benzene rings is 1. The van der Waals surface area contributed by atoms with Crippen molar-refractivity contribution in [3.05, 3.63) is 35.9 Å². The predicted molar refractivity (Wildman–Crippen MR) is 123 cm³/mol. The van der Waals surface area contributed by atoms with Crippen LogP contribution in [0.3, 0.4) is 0 Å². The van der Waals surface area contributed by atoms with E-state index in [1.807, 2.05) is 7.05 Å². The van der Waals surface area contributed by atoms with Crippen LogP contribution in [-0.4, -0.2) is 53.0 Å². The number of ether oxygens (including phenoxy) is 2. The summed E-state index contributed by atoms with van der Waals surface area (Å²) in [5.41, 5.74) is 1.70. The van der Waals surface area contributed by atoms with Crippen LogP contribution >= 0.6 is 24.0 Å². The lowest BCUT2D eigenvalue weighted by atomic mass is 9.79. The molecule has 0 bridgehead atoms. The number of hydrogen-bond acceptors (Lipinski definition) is 3. The molecule has 5 nitrogen and oxygen atoms in total. The van der Waals surface area contributed by atoms with Gasteiger partial charge in [0, 0.05) is 39.3 Å². The van der Waals surface area contributed by atoms with Crippen molar-refractivity contribution in [2.75, 3.05) is 47.1 Å². The van der Waals surface area contributed by atoms with E-state index in [4.69, 9.17) is 9.47 Å². The third-order valence-electron chi connectivity index (χ3n) is 5.20. The van der Waals surface area contributed by atoms with Gasteiger partial charge in [0.2, 0.25) is 0 Å². The molecule has 2 rings (SSSR count). The first kappa shape index (κ1) is 24.2. The Morgan fingerprint density at radius 3 is 2.44 bits per heavy atom. The quantitative estimate of drug-likeness (QED) is 0.215. The van der Waals surface area contributed by atoms with Gasteiger partial charge in [-0.2, -0.15) is 0 Å². The van der Waals surface area contributed by atoms with E-state index in [1.54, 1.807) is 7.11 Å². The summed E-state index contributed by atoms with van der Waals surface area (Å²) in [6.07, 6.45) is 7.23. The molecule has 0 amide bonds. The minimum atomic E-state index is 0. The first-order chi connectivity index (χ1) is 12.8. The number of methoxy groups -OCH3 is 1. The summed E-state index contributed by atoms with van der Waals surface area (Å²) in [5, 5.41) is 6.98. The van der Waals surface area contributed by atoms with Gasteiger partial charge in [-0.25, -0.2) is 0 Å². The molecule has 0 radical (unpaired) electrons. The Kier molecular flexibility index (Phi) is 12.7. The molecular formula is C21H36IN3O2. The second-order valence-electron chi connectivity index (χ2n) is 7.02. The lowest BCUT2D eigenvalue weighted by Crippen LogP contribution is -2.45. The Hall–Kier alpha value is -0.860. The molecule has 0 aliphatic heterocycles. The molecule has 0 aromatic heterocycles. The highest BCUT2D eigenvalue weighted by atomic mass is 127. The van der Waals surface area contributed by atoms with Gasteiger partial charge < -0.3 is 20.1 Å². The summed E-state index contributed by atoms with van der Waals surface area (Å²) in [7, 11) is 3.53. The molecule has 1 fully saturated rings. The molecule has 1 aliphatic rings. The van der Waals surface area contributed by atoms with E-state index in [0.29, 0.717) is 13.2 Å². The SMILES string of the molecule is CN=C(NCCCCOCCOC)NCC1(c2ccccc2)CCCC1.I. The van der Waals surface area contributed by atoms with Gasteiger partial charge in [-0.05, 0) is 31.2 Å². The van der Waals surface area contributed by atoms with Crippen molar-refractivity contribution in [1.29, 1.82) is 0 Å². The van der Waals surface area contributed by atoms with Crippen molar-refractivity contribution in [2.45, 2.75) is 43.9 Å². The van der Waals surface area contributed by atoms with Crippen LogP contribution < -0.4 is 10.6 Å². The number of aliphatic imine (C=N–C) groups is 1. The van der Waals surface area contributed by atoms with Crippen LogP contribution in [0, 0.1) is 0 Å². The third kappa shape index (κ3) is 8.35. The van der Waals surface area contributed by atoms with Gasteiger partial charge in [0.1, 0.15) is 0 Å². The van der Waals surface area contributed by atoms with Crippen LogP contribution in [0.5, 0.6) is 0 Å². The van der Waals surface area contributed by atoms with Gasteiger partial charge in [0.15, 0.2) is 5.96 Å². The Morgan fingerprint density at radius 2 is 1.78 bits per heavy atom. The van der Waals surface area contributed by atoms with Crippen LogP contribution in [0.4, 0.5) is 0 Å². The van der Waals surface area contributed by atoms with Crippen LogP contribution in [0.25, 0.3) is 0 Å². The largest absolute Gasteiger partial charge is 0.382 e. The van der Waals surface area contributed by atoms with Gasteiger partial charge in [0.05, 0.1) is 13.2 Å². The molecule has 1 aromatic carbocycles. The van der Waals surface area contributed by atoms with E-state index < -0.39 is 0 Å². The molecule has 6 heteroatoms. The lowest BCUT2D eigenvalue weighted by Gasteiger charge is -2.30. The molecule has 154 valence electrons. The molecule has 1 aliphatic carbocycles. The summed E-state index contributed by atoms with van der Waals surface area (Å²) in [5.74, 6) is 0.896. The van der Waals surface area contributed by atoms with Crippen LogP contribution in [0.1, 0.15) is 44.1 Å². The highest BCUT2D eigenvalue weighted by molar-refractivity contribution is 14.0. The molecule has 0 saturated heterocycles. The number of guanidine groups is 1. The molecule has 0 spiro atoms. The fourth-order valence-corrected chi connectivity index (χ4v) is 3.66. The fourth-order valence-electron chi connectivity index (χ4n) is 3.66. The van der Waals surface area contributed by atoms with Gasteiger partial charge in [-0.1, -0.05) is 43.2 Å². The van der Waals surface area contributed by atoms with Gasteiger partial charge in [-0.15, -0.1) is 24.0 Å². The zero-order valence-electron chi connectivity index (χ0n) is 16.8. The minimum Gasteiger partial charge on any atom is -0.382 e. The molecular weight excluding hydrogens is 453 g/mol. The van der Waals surface area contributed by atoms with Crippen molar-refractivity contribution < 1.29 is 9.47 Å². The first-order valence-electron chi connectivity index (χ1n) is 9.87. The maximum atomic E-state index is 5.49. The number of hydrogen-bond donors (Lipinski definition) is 2. The van der Waals surface area contributed by atoms with Gasteiger partial charge >= 0.3 is 0 Å². The van der Waals surface area contributed by atoms with Crippen molar-refractivity contribution in [3.8, 4) is 0 Å². The zero-order valence-corrected chi connectivity index (χ0v) is 19.2. The minimum absolute atomic E-state index is 0. The summed E-state index contributed by atoms with van der Waals surface area (Å²) in [6, 6.07) is 10.9. The maximum absolute atomic E-state index is 5.49. The van der Waals surface area contributed by atoms with E-state index >= 15 is 0 Å². The molecule has 1 aromatic rings. The van der Waals surface area contributed by atoms with Crippen molar-refractivity contribution >= 4 is 29.9 Å². The van der Waals surface area contributed by atoms with E-state index in [0.717, 1.165) is 38.5 Å². The van der Waals surface area contributed by atoms with Crippen molar-refractivity contribution in [2.24, 2.45) is 4.99 Å². The first-order valence-corrected chi connectivity index (χ1v) is 9.87. The monoisotopic (exact) mass is 489 g/mol. The fraction of sp³-hybridized carbons (Fsp3) is 0.667. The summed E-state index contributed by atoms with van der Waals surface area (Å²) in [6.45, 7) is 3.98.